The number of hydrogen-bond acceptors (Lipinski definition) is 6. The Labute approximate surface area is 257 Å². The molecular formula is C33H42FN7O3. The summed E-state index contributed by atoms with van der Waals surface area (Å²) in [5.74, 6) is -0.810. The van der Waals surface area contributed by atoms with E-state index in [4.69, 9.17) is 4.74 Å². The van der Waals surface area contributed by atoms with E-state index < -0.39 is 11.4 Å². The third-order valence-corrected chi connectivity index (χ3v) is 8.61. The predicted molar refractivity (Wildman–Crippen MR) is 170 cm³/mol. The highest BCUT2D eigenvalue weighted by molar-refractivity contribution is 6.14. The predicted octanol–water partition coefficient (Wildman–Crippen LogP) is 5.73. The number of aromatic amines is 1. The fourth-order valence-corrected chi connectivity index (χ4v) is 6.85. The van der Waals surface area contributed by atoms with Crippen molar-refractivity contribution in [3.05, 3.63) is 59.4 Å². The lowest BCUT2D eigenvalue weighted by Gasteiger charge is -2.46. The number of ether oxygens (including phenoxy) is 1. The first-order valence-corrected chi connectivity index (χ1v) is 15.4. The van der Waals surface area contributed by atoms with Crippen LogP contribution in [0.1, 0.15) is 62.8 Å². The lowest BCUT2D eigenvalue weighted by Crippen LogP contribution is -2.61. The summed E-state index contributed by atoms with van der Waals surface area (Å²) in [6, 6.07) is 7.69. The van der Waals surface area contributed by atoms with Gasteiger partial charge < -0.3 is 29.2 Å². The van der Waals surface area contributed by atoms with Crippen molar-refractivity contribution < 1.29 is 18.7 Å². The highest BCUT2D eigenvalue weighted by atomic mass is 19.1. The summed E-state index contributed by atoms with van der Waals surface area (Å²) in [5, 5.41) is 3.85. The first-order chi connectivity index (χ1) is 20.8. The van der Waals surface area contributed by atoms with Crippen molar-refractivity contribution in [2.75, 3.05) is 36.4 Å². The molecule has 0 saturated carbocycles. The lowest BCUT2D eigenvalue weighted by molar-refractivity contribution is -0.0209. The molecule has 1 unspecified atom stereocenters. The van der Waals surface area contributed by atoms with Crippen molar-refractivity contribution in [2.45, 2.75) is 78.6 Å². The van der Waals surface area contributed by atoms with Crippen LogP contribution in [0.5, 0.6) is 0 Å². The van der Waals surface area contributed by atoms with Gasteiger partial charge in [0.15, 0.2) is 11.5 Å². The molecule has 234 valence electrons. The van der Waals surface area contributed by atoms with Gasteiger partial charge in [-0.05, 0) is 73.1 Å². The number of aromatic nitrogens is 3. The zero-order chi connectivity index (χ0) is 31.5. The Hall–Kier alpha value is -4.12. The minimum absolute atomic E-state index is 0.0477. The minimum atomic E-state index is -0.524. The number of imidazole rings is 1. The highest BCUT2D eigenvalue weighted by Gasteiger charge is 2.39. The lowest BCUT2D eigenvalue weighted by atomic mass is 10.1. The molecule has 2 fully saturated rings. The topological polar surface area (TPSA) is 98.2 Å². The first kappa shape index (κ1) is 29.9. The Bertz CT molecular complexity index is 1730. The van der Waals surface area contributed by atoms with Crippen molar-refractivity contribution >= 4 is 39.9 Å². The highest BCUT2D eigenvalue weighted by Crippen LogP contribution is 2.34. The summed E-state index contributed by atoms with van der Waals surface area (Å²) >= 11 is 0. The maximum atomic E-state index is 14.6. The Morgan fingerprint density at radius 1 is 1.07 bits per heavy atom. The maximum Gasteiger partial charge on any atom is 0.410 e. The Morgan fingerprint density at radius 3 is 2.50 bits per heavy atom. The number of hydrogen-bond donors (Lipinski definition) is 2. The van der Waals surface area contributed by atoms with Crippen LogP contribution in [0.2, 0.25) is 0 Å². The van der Waals surface area contributed by atoms with Crippen LogP contribution in [0.4, 0.5) is 20.6 Å². The van der Waals surface area contributed by atoms with Gasteiger partial charge in [0.05, 0.1) is 22.5 Å². The van der Waals surface area contributed by atoms with Crippen LogP contribution in [-0.2, 0) is 4.74 Å². The van der Waals surface area contributed by atoms with Crippen LogP contribution in [0.3, 0.4) is 0 Å². The smallest absolute Gasteiger partial charge is 0.410 e. The fourth-order valence-electron chi connectivity index (χ4n) is 6.85. The zero-order valence-electron chi connectivity index (χ0n) is 26.6. The van der Waals surface area contributed by atoms with Crippen LogP contribution in [0.15, 0.2) is 36.7 Å². The molecule has 0 spiro atoms. The molecule has 0 radical (unpaired) electrons. The molecule has 2 saturated heterocycles. The van der Waals surface area contributed by atoms with Crippen molar-refractivity contribution in [3.8, 4) is 0 Å². The van der Waals surface area contributed by atoms with Gasteiger partial charge in [-0.25, -0.2) is 14.2 Å². The van der Waals surface area contributed by atoms with E-state index in [1.807, 2.05) is 44.7 Å². The number of halogens is 1. The van der Waals surface area contributed by atoms with Gasteiger partial charge >= 0.3 is 6.09 Å². The number of carbonyl (C=O) groups excluding carboxylic acids is 2. The van der Waals surface area contributed by atoms with E-state index in [0.29, 0.717) is 23.0 Å². The summed E-state index contributed by atoms with van der Waals surface area (Å²) in [4.78, 5) is 40.7. The first-order valence-electron chi connectivity index (χ1n) is 15.4. The number of anilines is 2. The number of rotatable bonds is 4. The summed E-state index contributed by atoms with van der Waals surface area (Å²) in [7, 11) is 0. The number of nitrogens with one attached hydrogen (secondary N) is 2. The molecule has 10 nitrogen and oxygen atoms in total. The van der Waals surface area contributed by atoms with Crippen LogP contribution in [-0.4, -0.2) is 86.1 Å². The number of aryl methyl sites for hydroxylation is 2. The van der Waals surface area contributed by atoms with Crippen molar-refractivity contribution in [3.63, 3.8) is 0 Å². The third kappa shape index (κ3) is 5.72. The number of piperazine rings is 1. The van der Waals surface area contributed by atoms with Gasteiger partial charge in [-0.1, -0.05) is 0 Å². The number of benzene rings is 1. The molecule has 44 heavy (non-hydrogen) atoms. The van der Waals surface area contributed by atoms with E-state index >= 15 is 0 Å². The van der Waals surface area contributed by atoms with Crippen molar-refractivity contribution in [1.82, 2.24) is 24.2 Å². The van der Waals surface area contributed by atoms with Gasteiger partial charge in [0.2, 0.25) is 0 Å². The SMILES string of the molecule is Cc1cn2cc(NC(=O)c3ccc(N4CC[C@@H](N5CC(C)N(C(=O)OC(C)(C)C)[C@@H](C)C5)C4)c4cc(C)[nH]c34)cc(F)c2n1. The van der Waals surface area contributed by atoms with Gasteiger partial charge in [-0.3, -0.25) is 9.69 Å². The monoisotopic (exact) mass is 603 g/mol. The second kappa shape index (κ2) is 11.1. The van der Waals surface area contributed by atoms with Gasteiger partial charge in [-0.15, -0.1) is 0 Å². The van der Waals surface area contributed by atoms with E-state index in [1.54, 1.807) is 23.7 Å². The van der Waals surface area contributed by atoms with Crippen molar-refractivity contribution in [1.29, 1.82) is 0 Å². The van der Waals surface area contributed by atoms with E-state index in [-0.39, 0.29) is 29.7 Å². The van der Waals surface area contributed by atoms with E-state index in [1.165, 1.54) is 6.07 Å². The van der Waals surface area contributed by atoms with Gasteiger partial charge in [0, 0.05) is 79.5 Å². The van der Waals surface area contributed by atoms with Gasteiger partial charge in [0.1, 0.15) is 5.60 Å². The van der Waals surface area contributed by atoms with Crippen LogP contribution >= 0.6 is 0 Å². The summed E-state index contributed by atoms with van der Waals surface area (Å²) in [6.07, 6.45) is 4.16. The van der Waals surface area contributed by atoms with Crippen LogP contribution in [0.25, 0.3) is 16.6 Å². The summed E-state index contributed by atoms with van der Waals surface area (Å²) in [6.45, 7) is 17.0. The fraction of sp³-hybridized carbons (Fsp3) is 0.485. The number of nitrogens with zero attached hydrogens (tertiary/aromatic N) is 5. The Balaban J connectivity index is 1.18. The average Bonchev–Trinajstić information content (AvgIpc) is 3.64. The van der Waals surface area contributed by atoms with Crippen molar-refractivity contribution in [2.24, 2.45) is 0 Å². The van der Waals surface area contributed by atoms with E-state index in [0.717, 1.165) is 54.9 Å². The number of H-pyrrole nitrogens is 1. The molecule has 1 aromatic carbocycles. The van der Waals surface area contributed by atoms with Gasteiger partial charge in [0.25, 0.3) is 5.91 Å². The average molecular weight is 604 g/mol. The molecule has 3 atom stereocenters. The normalized spacial score (nSPS) is 21.4. The molecule has 3 aromatic heterocycles. The van der Waals surface area contributed by atoms with Gasteiger partial charge in [-0.2, -0.15) is 0 Å². The minimum Gasteiger partial charge on any atom is -0.444 e. The third-order valence-electron chi connectivity index (χ3n) is 8.61. The number of fused-ring (bicyclic) bond motifs is 2. The van der Waals surface area contributed by atoms with E-state index in [2.05, 4.69) is 45.0 Å². The molecular weight excluding hydrogens is 561 g/mol. The standard InChI is InChI=1S/C33H42FN7O3/c1-19-12-26-28(38-11-10-24(18-38)39-15-21(3)41(22(4)16-39)32(43)44-33(5,6)7)9-8-25(29(26)35-19)31(42)37-23-13-27(34)30-36-20(2)14-40(30)17-23/h8-9,12-14,17,21-22,24,35H,10-11,15-16,18H2,1-7H3,(H,37,42)/t21-,22?,24+/m0/s1. The Morgan fingerprint density at radius 2 is 1.80 bits per heavy atom. The quantitative estimate of drug-likeness (QED) is 0.309. The molecule has 2 aliphatic rings. The molecule has 5 heterocycles. The molecule has 0 aliphatic carbocycles. The molecule has 6 rings (SSSR count). The molecule has 2 amide bonds. The van der Waals surface area contributed by atoms with E-state index in [9.17, 15) is 14.0 Å². The van der Waals surface area contributed by atoms with Crippen LogP contribution < -0.4 is 10.2 Å². The number of pyridine rings is 1. The summed E-state index contributed by atoms with van der Waals surface area (Å²) in [5.41, 5.74) is 4.05. The molecule has 0 bridgehead atoms. The zero-order valence-corrected chi connectivity index (χ0v) is 26.6. The summed E-state index contributed by atoms with van der Waals surface area (Å²) < 4.78 is 21.9. The maximum absolute atomic E-state index is 14.6. The number of carbonyl (C=O) groups is 2. The largest absolute Gasteiger partial charge is 0.444 e. The second-order valence-electron chi connectivity index (χ2n) is 13.4. The second-order valence-corrected chi connectivity index (χ2v) is 13.4. The van der Waals surface area contributed by atoms with Crippen LogP contribution in [0, 0.1) is 19.7 Å². The molecule has 11 heteroatoms. The molecule has 4 aromatic rings. The molecule has 2 N–H and O–H groups in total. The number of amides is 2. The Kier molecular flexibility index (Phi) is 7.55. The molecule has 2 aliphatic heterocycles.